The summed E-state index contributed by atoms with van der Waals surface area (Å²) in [7, 11) is 0. The molecule has 2 aromatic rings. The maximum Gasteiger partial charge on any atom is 0.254 e. The lowest BCUT2D eigenvalue weighted by Gasteiger charge is -2.26. The molecule has 3 rings (SSSR count). The van der Waals surface area contributed by atoms with Gasteiger partial charge < -0.3 is 10.2 Å². The van der Waals surface area contributed by atoms with E-state index in [9.17, 15) is 4.79 Å². The molecule has 4 nitrogen and oxygen atoms in total. The van der Waals surface area contributed by atoms with Gasteiger partial charge in [0.1, 0.15) is 5.82 Å². The highest BCUT2D eigenvalue weighted by molar-refractivity contribution is 5.94. The fourth-order valence-electron chi connectivity index (χ4n) is 3.16. The second-order valence-electron chi connectivity index (χ2n) is 5.89. The average molecular weight is 309 g/mol. The van der Waals surface area contributed by atoms with Gasteiger partial charge in [-0.25, -0.2) is 4.98 Å². The minimum absolute atomic E-state index is 0.107. The van der Waals surface area contributed by atoms with Crippen molar-refractivity contribution in [3.63, 3.8) is 0 Å². The van der Waals surface area contributed by atoms with Crippen LogP contribution in [0, 0.1) is 0 Å². The Labute approximate surface area is 137 Å². The molecule has 1 saturated heterocycles. The number of carbonyl (C=O) groups excluding carboxylic acids is 1. The molecule has 1 N–H and O–H groups in total. The number of pyridine rings is 1. The van der Waals surface area contributed by atoms with Crippen molar-refractivity contribution in [3.05, 3.63) is 59.8 Å². The van der Waals surface area contributed by atoms with E-state index in [0.29, 0.717) is 0 Å². The summed E-state index contributed by atoms with van der Waals surface area (Å²) in [5.74, 6) is 1.02. The highest BCUT2D eigenvalue weighted by Gasteiger charge is 2.32. The van der Waals surface area contributed by atoms with Crippen LogP contribution in [0.2, 0.25) is 0 Å². The Hall–Kier alpha value is -2.36. The second kappa shape index (κ2) is 7.27. The van der Waals surface area contributed by atoms with Crippen LogP contribution < -0.4 is 5.32 Å². The normalized spacial score (nSPS) is 17.3. The van der Waals surface area contributed by atoms with Crippen molar-refractivity contribution in [2.75, 3.05) is 18.4 Å². The predicted octanol–water partition coefficient (Wildman–Crippen LogP) is 3.88. The topological polar surface area (TPSA) is 45.2 Å². The van der Waals surface area contributed by atoms with Crippen LogP contribution in [-0.4, -0.2) is 28.9 Å². The zero-order chi connectivity index (χ0) is 16.1. The number of benzene rings is 1. The highest BCUT2D eigenvalue weighted by atomic mass is 16.2. The number of anilines is 1. The van der Waals surface area contributed by atoms with E-state index in [-0.39, 0.29) is 11.9 Å². The van der Waals surface area contributed by atoms with Gasteiger partial charge in [0.2, 0.25) is 0 Å². The molecule has 0 unspecified atom stereocenters. The first-order valence-electron chi connectivity index (χ1n) is 8.36. The van der Waals surface area contributed by atoms with Gasteiger partial charge in [0.25, 0.3) is 5.91 Å². The van der Waals surface area contributed by atoms with Gasteiger partial charge in [-0.1, -0.05) is 31.2 Å². The summed E-state index contributed by atoms with van der Waals surface area (Å²) in [6, 6.07) is 13.7. The Kier molecular flexibility index (Phi) is 4.91. The Balaban J connectivity index is 1.86. The molecular weight excluding hydrogens is 286 g/mol. The molecular formula is C19H23N3O. The molecule has 1 aromatic carbocycles. The molecule has 120 valence electrons. The molecule has 0 radical (unpaired) electrons. The molecule has 2 heterocycles. The quantitative estimate of drug-likeness (QED) is 0.911. The molecule has 1 aromatic heterocycles. The fourth-order valence-corrected chi connectivity index (χ4v) is 3.16. The fraction of sp³-hybridized carbons (Fsp3) is 0.368. The van der Waals surface area contributed by atoms with E-state index in [0.717, 1.165) is 49.3 Å². The number of nitrogens with zero attached hydrogens (tertiary/aromatic N) is 2. The van der Waals surface area contributed by atoms with E-state index in [2.05, 4.69) is 23.3 Å². The maximum absolute atomic E-state index is 12.8. The smallest absolute Gasteiger partial charge is 0.254 e. The number of amides is 1. The van der Waals surface area contributed by atoms with Crippen LogP contribution in [0.25, 0.3) is 0 Å². The summed E-state index contributed by atoms with van der Waals surface area (Å²) in [4.78, 5) is 19.3. The monoisotopic (exact) mass is 309 g/mol. The van der Waals surface area contributed by atoms with Gasteiger partial charge in [-0.2, -0.15) is 0 Å². The van der Waals surface area contributed by atoms with Crippen molar-refractivity contribution < 1.29 is 4.79 Å². The first-order valence-corrected chi connectivity index (χ1v) is 8.36. The van der Waals surface area contributed by atoms with E-state index >= 15 is 0 Å². The number of hydrogen-bond donors (Lipinski definition) is 1. The Bertz CT molecular complexity index is 657. The molecule has 4 heteroatoms. The second-order valence-corrected chi connectivity index (χ2v) is 5.89. The molecule has 0 saturated carbocycles. The van der Waals surface area contributed by atoms with Crippen LogP contribution in [0.3, 0.4) is 0 Å². The number of nitrogens with one attached hydrogen (secondary N) is 1. The largest absolute Gasteiger partial charge is 0.370 e. The van der Waals surface area contributed by atoms with Gasteiger partial charge in [-0.05, 0) is 37.5 Å². The number of hydrogen-bond acceptors (Lipinski definition) is 3. The lowest BCUT2D eigenvalue weighted by molar-refractivity contribution is 0.0736. The standard InChI is InChI=1S/C19H23N3O/c1-2-12-20-18-16(10-6-13-21-18)17-11-7-14-22(17)19(23)15-8-4-3-5-9-15/h3-6,8-10,13,17H,2,7,11-12,14H2,1H3,(H,20,21)/t17-/m1/s1. The number of rotatable bonds is 5. The summed E-state index contributed by atoms with van der Waals surface area (Å²) in [6.07, 6.45) is 4.88. The summed E-state index contributed by atoms with van der Waals surface area (Å²) >= 11 is 0. The van der Waals surface area contributed by atoms with Gasteiger partial charge in [0, 0.05) is 30.4 Å². The zero-order valence-corrected chi connectivity index (χ0v) is 13.5. The highest BCUT2D eigenvalue weighted by Crippen LogP contribution is 2.36. The average Bonchev–Trinajstić information content (AvgIpc) is 3.10. The molecule has 1 aliphatic rings. The van der Waals surface area contributed by atoms with E-state index < -0.39 is 0 Å². The lowest BCUT2D eigenvalue weighted by atomic mass is 10.0. The van der Waals surface area contributed by atoms with Gasteiger partial charge >= 0.3 is 0 Å². The van der Waals surface area contributed by atoms with Crippen LogP contribution in [0.15, 0.2) is 48.7 Å². The Morgan fingerprint density at radius 2 is 2.09 bits per heavy atom. The first kappa shape index (κ1) is 15.5. The zero-order valence-electron chi connectivity index (χ0n) is 13.5. The van der Waals surface area contributed by atoms with E-state index in [1.165, 1.54) is 0 Å². The Morgan fingerprint density at radius 3 is 2.87 bits per heavy atom. The van der Waals surface area contributed by atoms with E-state index in [4.69, 9.17) is 0 Å². The molecule has 0 spiro atoms. The SMILES string of the molecule is CCCNc1ncccc1[C@H]1CCCN1C(=O)c1ccccc1. The predicted molar refractivity (Wildman–Crippen MR) is 92.5 cm³/mol. The van der Waals surface area contributed by atoms with Gasteiger partial charge in [-0.15, -0.1) is 0 Å². The lowest BCUT2D eigenvalue weighted by Crippen LogP contribution is -2.31. The van der Waals surface area contributed by atoms with Crippen molar-refractivity contribution in [1.82, 2.24) is 9.88 Å². The van der Waals surface area contributed by atoms with Crippen molar-refractivity contribution >= 4 is 11.7 Å². The van der Waals surface area contributed by atoms with Crippen LogP contribution in [0.5, 0.6) is 0 Å². The van der Waals surface area contributed by atoms with E-state index in [1.54, 1.807) is 6.20 Å². The third kappa shape index (κ3) is 3.36. The molecule has 1 aliphatic heterocycles. The minimum Gasteiger partial charge on any atom is -0.370 e. The molecule has 1 atom stereocenters. The molecule has 0 bridgehead atoms. The van der Waals surface area contributed by atoms with Crippen molar-refractivity contribution in [2.24, 2.45) is 0 Å². The van der Waals surface area contributed by atoms with Crippen molar-refractivity contribution in [2.45, 2.75) is 32.2 Å². The molecule has 23 heavy (non-hydrogen) atoms. The van der Waals surface area contributed by atoms with Crippen molar-refractivity contribution in [1.29, 1.82) is 0 Å². The van der Waals surface area contributed by atoms with Gasteiger partial charge in [-0.3, -0.25) is 4.79 Å². The molecule has 1 amide bonds. The molecule has 0 aliphatic carbocycles. The van der Waals surface area contributed by atoms with Crippen molar-refractivity contribution in [3.8, 4) is 0 Å². The van der Waals surface area contributed by atoms with E-state index in [1.807, 2.05) is 41.3 Å². The summed E-state index contributed by atoms with van der Waals surface area (Å²) in [6.45, 7) is 3.83. The van der Waals surface area contributed by atoms with Gasteiger partial charge in [0.15, 0.2) is 0 Å². The maximum atomic E-state index is 12.8. The number of likely N-dealkylation sites (tertiary alicyclic amines) is 1. The summed E-state index contributed by atoms with van der Waals surface area (Å²) in [5, 5.41) is 3.39. The third-order valence-corrected chi connectivity index (χ3v) is 4.27. The number of carbonyl (C=O) groups is 1. The number of aromatic nitrogens is 1. The Morgan fingerprint density at radius 1 is 1.26 bits per heavy atom. The third-order valence-electron chi connectivity index (χ3n) is 4.27. The summed E-state index contributed by atoms with van der Waals surface area (Å²) < 4.78 is 0. The van der Waals surface area contributed by atoms with Crippen LogP contribution in [-0.2, 0) is 0 Å². The first-order chi connectivity index (χ1) is 11.3. The molecule has 1 fully saturated rings. The van der Waals surface area contributed by atoms with Crippen LogP contribution in [0.4, 0.5) is 5.82 Å². The minimum atomic E-state index is 0.107. The van der Waals surface area contributed by atoms with Crippen LogP contribution >= 0.6 is 0 Å². The van der Waals surface area contributed by atoms with Crippen LogP contribution in [0.1, 0.15) is 48.1 Å². The summed E-state index contributed by atoms with van der Waals surface area (Å²) in [5.41, 5.74) is 1.88. The van der Waals surface area contributed by atoms with Gasteiger partial charge in [0.05, 0.1) is 6.04 Å².